The first-order chi connectivity index (χ1) is 10.2. The highest BCUT2D eigenvalue weighted by Crippen LogP contribution is 2.31. The van der Waals surface area contributed by atoms with Gasteiger partial charge in [0.05, 0.1) is 0 Å². The minimum Gasteiger partial charge on any atom is -0.369 e. The van der Waals surface area contributed by atoms with Crippen molar-refractivity contribution < 1.29 is 0 Å². The van der Waals surface area contributed by atoms with Crippen molar-refractivity contribution in [2.45, 2.75) is 64.5 Å². The summed E-state index contributed by atoms with van der Waals surface area (Å²) in [5.41, 5.74) is 3.16. The summed E-state index contributed by atoms with van der Waals surface area (Å²) in [5.74, 6) is 0.894. The Morgan fingerprint density at radius 2 is 1.95 bits per heavy atom. The standard InChI is InChI=1S/C19H30N2/c1-3-19(2)15-21(14-16-9-5-4-6-10-16)18-12-8-7-11-17(18)13-20-19/h7-8,11-12,16,20H,3-6,9-10,13-15H2,1-2H3. The van der Waals surface area contributed by atoms with Gasteiger partial charge in [-0.25, -0.2) is 0 Å². The molecule has 21 heavy (non-hydrogen) atoms. The lowest BCUT2D eigenvalue weighted by molar-refractivity contribution is 0.322. The fourth-order valence-corrected chi connectivity index (χ4v) is 3.92. The van der Waals surface area contributed by atoms with Crippen molar-refractivity contribution in [3.8, 4) is 0 Å². The van der Waals surface area contributed by atoms with Crippen LogP contribution < -0.4 is 10.2 Å². The summed E-state index contributed by atoms with van der Waals surface area (Å²) in [6, 6.07) is 8.98. The van der Waals surface area contributed by atoms with Crippen molar-refractivity contribution in [1.82, 2.24) is 5.32 Å². The van der Waals surface area contributed by atoms with Crippen molar-refractivity contribution in [3.05, 3.63) is 29.8 Å². The maximum atomic E-state index is 3.79. The summed E-state index contributed by atoms with van der Waals surface area (Å²) >= 11 is 0. The Kier molecular flexibility index (Phi) is 4.54. The van der Waals surface area contributed by atoms with Crippen LogP contribution in [0.25, 0.3) is 0 Å². The molecule has 2 heteroatoms. The van der Waals surface area contributed by atoms with Gasteiger partial charge in [0.25, 0.3) is 0 Å². The van der Waals surface area contributed by atoms with Gasteiger partial charge in [-0.15, -0.1) is 0 Å². The first-order valence-corrected chi connectivity index (χ1v) is 8.78. The number of benzene rings is 1. The van der Waals surface area contributed by atoms with E-state index in [-0.39, 0.29) is 5.54 Å². The molecule has 2 aliphatic rings. The van der Waals surface area contributed by atoms with Gasteiger partial charge in [0.1, 0.15) is 0 Å². The minimum atomic E-state index is 0.230. The quantitative estimate of drug-likeness (QED) is 0.889. The number of fused-ring (bicyclic) bond motifs is 1. The maximum absolute atomic E-state index is 3.79. The van der Waals surface area contributed by atoms with Crippen molar-refractivity contribution in [1.29, 1.82) is 0 Å². The van der Waals surface area contributed by atoms with Crippen molar-refractivity contribution in [3.63, 3.8) is 0 Å². The van der Waals surface area contributed by atoms with Gasteiger partial charge in [0, 0.05) is 30.9 Å². The Hall–Kier alpha value is -1.02. The zero-order chi connectivity index (χ0) is 14.7. The molecule has 1 saturated carbocycles. The second kappa shape index (κ2) is 6.39. The van der Waals surface area contributed by atoms with E-state index >= 15 is 0 Å². The molecule has 1 heterocycles. The molecule has 1 aliphatic carbocycles. The van der Waals surface area contributed by atoms with Crippen LogP contribution in [0.2, 0.25) is 0 Å². The molecular weight excluding hydrogens is 256 g/mol. The zero-order valence-electron chi connectivity index (χ0n) is 13.7. The van der Waals surface area contributed by atoms with Crippen LogP contribution in [-0.4, -0.2) is 18.6 Å². The predicted octanol–water partition coefficient (Wildman–Crippen LogP) is 4.35. The first-order valence-electron chi connectivity index (χ1n) is 8.78. The summed E-state index contributed by atoms with van der Waals surface area (Å²) in [5, 5.41) is 3.79. The maximum Gasteiger partial charge on any atom is 0.0412 e. The molecule has 0 aromatic heterocycles. The highest BCUT2D eigenvalue weighted by molar-refractivity contribution is 5.55. The molecule has 0 amide bonds. The molecule has 3 rings (SSSR count). The van der Waals surface area contributed by atoms with Gasteiger partial charge < -0.3 is 10.2 Å². The van der Waals surface area contributed by atoms with Gasteiger partial charge in [-0.2, -0.15) is 0 Å². The largest absolute Gasteiger partial charge is 0.369 e. The molecule has 1 aromatic carbocycles. The molecule has 1 aliphatic heterocycles. The van der Waals surface area contributed by atoms with Gasteiger partial charge in [-0.1, -0.05) is 44.4 Å². The molecule has 2 nitrogen and oxygen atoms in total. The molecule has 1 atom stereocenters. The number of para-hydroxylation sites is 1. The number of nitrogens with zero attached hydrogens (tertiary/aromatic N) is 1. The lowest BCUT2D eigenvalue weighted by atomic mass is 9.88. The molecule has 0 saturated heterocycles. The van der Waals surface area contributed by atoms with E-state index in [0.29, 0.717) is 0 Å². The third kappa shape index (κ3) is 3.42. The SMILES string of the molecule is CCC1(C)CN(CC2CCCCC2)c2ccccc2CN1. The summed E-state index contributed by atoms with van der Waals surface area (Å²) in [6.07, 6.45) is 8.35. The van der Waals surface area contributed by atoms with Crippen LogP contribution in [0.4, 0.5) is 5.69 Å². The summed E-state index contributed by atoms with van der Waals surface area (Å²) in [4.78, 5) is 2.68. The van der Waals surface area contributed by atoms with E-state index in [1.165, 1.54) is 56.3 Å². The van der Waals surface area contributed by atoms with E-state index in [9.17, 15) is 0 Å². The lowest BCUT2D eigenvalue weighted by Crippen LogP contribution is -2.49. The van der Waals surface area contributed by atoms with Crippen LogP contribution in [0.15, 0.2) is 24.3 Å². The van der Waals surface area contributed by atoms with E-state index in [0.717, 1.165) is 19.0 Å². The Labute approximate surface area is 129 Å². The molecule has 1 aromatic rings. The average molecular weight is 286 g/mol. The topological polar surface area (TPSA) is 15.3 Å². The zero-order valence-corrected chi connectivity index (χ0v) is 13.7. The van der Waals surface area contributed by atoms with Gasteiger partial charge >= 0.3 is 0 Å². The molecule has 0 bridgehead atoms. The second-order valence-corrected chi connectivity index (χ2v) is 7.28. The highest BCUT2D eigenvalue weighted by Gasteiger charge is 2.30. The Morgan fingerprint density at radius 1 is 1.19 bits per heavy atom. The third-order valence-electron chi connectivity index (χ3n) is 5.56. The Morgan fingerprint density at radius 3 is 2.71 bits per heavy atom. The van der Waals surface area contributed by atoms with Gasteiger partial charge in [0.2, 0.25) is 0 Å². The predicted molar refractivity (Wildman–Crippen MR) is 90.8 cm³/mol. The summed E-state index contributed by atoms with van der Waals surface area (Å²) in [6.45, 7) is 8.07. The molecule has 1 unspecified atom stereocenters. The average Bonchev–Trinajstić information content (AvgIpc) is 2.67. The van der Waals surface area contributed by atoms with Crippen LogP contribution in [-0.2, 0) is 6.54 Å². The second-order valence-electron chi connectivity index (χ2n) is 7.28. The van der Waals surface area contributed by atoms with Crippen LogP contribution in [0.5, 0.6) is 0 Å². The van der Waals surface area contributed by atoms with E-state index in [2.05, 4.69) is 48.3 Å². The minimum absolute atomic E-state index is 0.230. The first kappa shape index (κ1) is 14.9. The highest BCUT2D eigenvalue weighted by atomic mass is 15.2. The van der Waals surface area contributed by atoms with Gasteiger partial charge in [0.15, 0.2) is 0 Å². The van der Waals surface area contributed by atoms with E-state index in [4.69, 9.17) is 0 Å². The summed E-state index contributed by atoms with van der Waals surface area (Å²) in [7, 11) is 0. The normalized spacial score (nSPS) is 27.2. The number of hydrogen-bond donors (Lipinski definition) is 1. The number of nitrogens with one attached hydrogen (secondary N) is 1. The summed E-state index contributed by atoms with van der Waals surface area (Å²) < 4.78 is 0. The molecular formula is C19H30N2. The smallest absolute Gasteiger partial charge is 0.0412 e. The number of rotatable bonds is 3. The molecule has 0 spiro atoms. The van der Waals surface area contributed by atoms with Gasteiger partial charge in [-0.05, 0) is 43.7 Å². The Balaban J connectivity index is 1.82. The van der Waals surface area contributed by atoms with Crippen LogP contribution in [0.3, 0.4) is 0 Å². The van der Waals surface area contributed by atoms with Crippen molar-refractivity contribution >= 4 is 5.69 Å². The fourth-order valence-electron chi connectivity index (χ4n) is 3.92. The van der Waals surface area contributed by atoms with Crippen LogP contribution in [0.1, 0.15) is 57.9 Å². The number of hydrogen-bond acceptors (Lipinski definition) is 2. The van der Waals surface area contributed by atoms with Gasteiger partial charge in [-0.3, -0.25) is 0 Å². The van der Waals surface area contributed by atoms with Crippen LogP contribution in [0, 0.1) is 5.92 Å². The fraction of sp³-hybridized carbons (Fsp3) is 0.684. The molecule has 0 radical (unpaired) electrons. The van der Waals surface area contributed by atoms with E-state index < -0.39 is 0 Å². The van der Waals surface area contributed by atoms with E-state index in [1.807, 2.05) is 0 Å². The van der Waals surface area contributed by atoms with Crippen molar-refractivity contribution in [2.75, 3.05) is 18.0 Å². The van der Waals surface area contributed by atoms with E-state index in [1.54, 1.807) is 0 Å². The molecule has 116 valence electrons. The third-order valence-corrected chi connectivity index (χ3v) is 5.56. The molecule has 1 fully saturated rings. The van der Waals surface area contributed by atoms with Crippen LogP contribution >= 0.6 is 0 Å². The number of anilines is 1. The van der Waals surface area contributed by atoms with Crippen molar-refractivity contribution in [2.24, 2.45) is 5.92 Å². The Bertz CT molecular complexity index is 464. The monoisotopic (exact) mass is 286 g/mol. The molecule has 1 N–H and O–H groups in total. The lowest BCUT2D eigenvalue weighted by Gasteiger charge is -2.37.